The van der Waals surface area contributed by atoms with Gasteiger partial charge in [-0.05, 0) is 30.2 Å². The molecule has 1 unspecified atom stereocenters. The van der Waals surface area contributed by atoms with E-state index in [1.165, 1.54) is 5.56 Å². The average Bonchev–Trinajstić information content (AvgIpc) is 2.93. The first-order valence-electron chi connectivity index (χ1n) is 7.52. The number of hydrogen-bond donors (Lipinski definition) is 1. The van der Waals surface area contributed by atoms with Crippen LogP contribution in [0, 0.1) is 5.92 Å². The van der Waals surface area contributed by atoms with Gasteiger partial charge in [0.05, 0.1) is 13.7 Å². The van der Waals surface area contributed by atoms with E-state index >= 15 is 0 Å². The monoisotopic (exact) mass is 287 g/mol. The Morgan fingerprint density at radius 1 is 1.33 bits per heavy atom. The van der Waals surface area contributed by atoms with Crippen LogP contribution in [-0.4, -0.2) is 23.2 Å². The third kappa shape index (κ3) is 3.85. The summed E-state index contributed by atoms with van der Waals surface area (Å²) in [5.74, 6) is 1.26. The molecule has 2 aromatic heterocycles. The van der Waals surface area contributed by atoms with Crippen LogP contribution in [0.25, 0.3) is 0 Å². The third-order valence-electron chi connectivity index (χ3n) is 3.62. The molecule has 0 saturated heterocycles. The zero-order chi connectivity index (χ0) is 15.2. The quantitative estimate of drug-likeness (QED) is 0.849. The van der Waals surface area contributed by atoms with Gasteiger partial charge in [-0.3, -0.25) is 0 Å². The summed E-state index contributed by atoms with van der Waals surface area (Å²) in [6.45, 7) is 8.38. The SMILES string of the molecule is CCNC(c1ccn(Cc2cccnc2OC)c1)C(C)C. The molecular formula is C17H25N3O. The fourth-order valence-electron chi connectivity index (χ4n) is 2.62. The van der Waals surface area contributed by atoms with Crippen molar-refractivity contribution in [1.82, 2.24) is 14.9 Å². The normalized spacial score (nSPS) is 12.6. The van der Waals surface area contributed by atoms with Gasteiger partial charge in [0, 0.05) is 30.2 Å². The minimum absolute atomic E-state index is 0.395. The first kappa shape index (κ1) is 15.6. The average molecular weight is 287 g/mol. The van der Waals surface area contributed by atoms with Crippen LogP contribution in [-0.2, 0) is 6.54 Å². The topological polar surface area (TPSA) is 39.1 Å². The molecule has 1 atom stereocenters. The molecule has 114 valence electrons. The predicted molar refractivity (Wildman–Crippen MR) is 85.6 cm³/mol. The van der Waals surface area contributed by atoms with E-state index in [0.717, 1.165) is 18.7 Å². The van der Waals surface area contributed by atoms with Crippen LogP contribution < -0.4 is 10.1 Å². The maximum atomic E-state index is 5.31. The van der Waals surface area contributed by atoms with E-state index in [9.17, 15) is 0 Å². The lowest BCUT2D eigenvalue weighted by Crippen LogP contribution is -2.25. The number of hydrogen-bond acceptors (Lipinski definition) is 3. The fraction of sp³-hybridized carbons (Fsp3) is 0.471. The zero-order valence-corrected chi connectivity index (χ0v) is 13.3. The van der Waals surface area contributed by atoms with Gasteiger partial charge in [-0.2, -0.15) is 0 Å². The van der Waals surface area contributed by atoms with E-state index in [2.05, 4.69) is 60.2 Å². The summed E-state index contributed by atoms with van der Waals surface area (Å²) >= 11 is 0. The molecule has 0 aromatic carbocycles. The van der Waals surface area contributed by atoms with Crippen molar-refractivity contribution in [3.63, 3.8) is 0 Å². The van der Waals surface area contributed by atoms with Crippen LogP contribution in [0.15, 0.2) is 36.8 Å². The second-order valence-electron chi connectivity index (χ2n) is 5.57. The summed E-state index contributed by atoms with van der Waals surface area (Å²) in [5.41, 5.74) is 2.42. The van der Waals surface area contributed by atoms with Crippen LogP contribution >= 0.6 is 0 Å². The lowest BCUT2D eigenvalue weighted by Gasteiger charge is -2.20. The molecule has 0 saturated carbocycles. The van der Waals surface area contributed by atoms with Crippen molar-refractivity contribution in [2.24, 2.45) is 5.92 Å². The molecule has 2 aromatic rings. The van der Waals surface area contributed by atoms with E-state index in [0.29, 0.717) is 17.8 Å². The molecule has 2 rings (SSSR count). The summed E-state index contributed by atoms with van der Waals surface area (Å²) in [7, 11) is 1.66. The van der Waals surface area contributed by atoms with Crippen LogP contribution in [0.1, 0.15) is 37.9 Å². The molecular weight excluding hydrogens is 262 g/mol. The highest BCUT2D eigenvalue weighted by molar-refractivity contribution is 5.26. The summed E-state index contributed by atoms with van der Waals surface area (Å²) in [6.07, 6.45) is 6.08. The largest absolute Gasteiger partial charge is 0.481 e. The molecule has 0 fully saturated rings. The molecule has 0 radical (unpaired) electrons. The van der Waals surface area contributed by atoms with E-state index < -0.39 is 0 Å². The van der Waals surface area contributed by atoms with Crippen LogP contribution in [0.3, 0.4) is 0 Å². The minimum Gasteiger partial charge on any atom is -0.481 e. The van der Waals surface area contributed by atoms with Gasteiger partial charge in [-0.15, -0.1) is 0 Å². The van der Waals surface area contributed by atoms with Gasteiger partial charge in [0.25, 0.3) is 0 Å². The number of aromatic nitrogens is 2. The lowest BCUT2D eigenvalue weighted by atomic mass is 9.98. The lowest BCUT2D eigenvalue weighted by molar-refractivity contribution is 0.391. The molecule has 0 aliphatic heterocycles. The van der Waals surface area contributed by atoms with E-state index in [-0.39, 0.29) is 0 Å². The smallest absolute Gasteiger partial charge is 0.218 e. The van der Waals surface area contributed by atoms with Crippen molar-refractivity contribution in [2.75, 3.05) is 13.7 Å². The van der Waals surface area contributed by atoms with Gasteiger partial charge >= 0.3 is 0 Å². The van der Waals surface area contributed by atoms with Gasteiger partial charge in [-0.1, -0.05) is 26.8 Å². The Kier molecular flexibility index (Phi) is 5.39. The van der Waals surface area contributed by atoms with Crippen molar-refractivity contribution in [2.45, 2.75) is 33.4 Å². The van der Waals surface area contributed by atoms with Gasteiger partial charge in [-0.25, -0.2) is 4.98 Å². The summed E-state index contributed by atoms with van der Waals surface area (Å²) in [6, 6.07) is 6.58. The predicted octanol–water partition coefficient (Wildman–Crippen LogP) is 3.25. The Balaban J connectivity index is 2.16. The number of ether oxygens (including phenoxy) is 1. The standard InChI is InChI=1S/C17H25N3O/c1-5-18-16(13(2)3)14-8-10-20(11-14)12-15-7-6-9-19-17(15)21-4/h6-11,13,16,18H,5,12H2,1-4H3. The minimum atomic E-state index is 0.395. The highest BCUT2D eigenvalue weighted by Gasteiger charge is 2.15. The number of nitrogens with one attached hydrogen (secondary N) is 1. The number of pyridine rings is 1. The molecule has 21 heavy (non-hydrogen) atoms. The van der Waals surface area contributed by atoms with Gasteiger partial charge < -0.3 is 14.6 Å². The van der Waals surface area contributed by atoms with Crippen molar-refractivity contribution >= 4 is 0 Å². The summed E-state index contributed by atoms with van der Waals surface area (Å²) < 4.78 is 7.49. The Morgan fingerprint density at radius 3 is 2.81 bits per heavy atom. The number of nitrogens with zero attached hydrogens (tertiary/aromatic N) is 2. The van der Waals surface area contributed by atoms with E-state index in [1.54, 1.807) is 13.3 Å². The zero-order valence-electron chi connectivity index (χ0n) is 13.3. The number of rotatable bonds is 7. The Morgan fingerprint density at radius 2 is 2.14 bits per heavy atom. The molecule has 4 nitrogen and oxygen atoms in total. The Bertz CT molecular complexity index is 563. The van der Waals surface area contributed by atoms with E-state index in [4.69, 9.17) is 4.74 Å². The van der Waals surface area contributed by atoms with Gasteiger partial charge in [0.2, 0.25) is 5.88 Å². The van der Waals surface area contributed by atoms with Crippen molar-refractivity contribution in [3.05, 3.63) is 47.9 Å². The molecule has 2 heterocycles. The highest BCUT2D eigenvalue weighted by atomic mass is 16.5. The third-order valence-corrected chi connectivity index (χ3v) is 3.62. The first-order valence-corrected chi connectivity index (χ1v) is 7.52. The van der Waals surface area contributed by atoms with Crippen molar-refractivity contribution in [3.8, 4) is 5.88 Å². The molecule has 4 heteroatoms. The molecule has 0 bridgehead atoms. The second-order valence-corrected chi connectivity index (χ2v) is 5.57. The Hall–Kier alpha value is -1.81. The van der Waals surface area contributed by atoms with Crippen LogP contribution in [0.4, 0.5) is 0 Å². The van der Waals surface area contributed by atoms with Crippen molar-refractivity contribution in [1.29, 1.82) is 0 Å². The summed E-state index contributed by atoms with van der Waals surface area (Å²) in [4.78, 5) is 4.25. The molecule has 0 aliphatic carbocycles. The maximum absolute atomic E-state index is 5.31. The molecule has 0 amide bonds. The summed E-state index contributed by atoms with van der Waals surface area (Å²) in [5, 5.41) is 3.55. The molecule has 0 spiro atoms. The fourth-order valence-corrected chi connectivity index (χ4v) is 2.62. The molecule has 1 N–H and O–H groups in total. The van der Waals surface area contributed by atoms with Gasteiger partial charge in [0.1, 0.15) is 0 Å². The van der Waals surface area contributed by atoms with Crippen LogP contribution in [0.2, 0.25) is 0 Å². The Labute approximate surface area is 127 Å². The van der Waals surface area contributed by atoms with Crippen molar-refractivity contribution < 1.29 is 4.74 Å². The highest BCUT2D eigenvalue weighted by Crippen LogP contribution is 2.23. The van der Waals surface area contributed by atoms with Crippen LogP contribution in [0.5, 0.6) is 5.88 Å². The first-order chi connectivity index (χ1) is 10.2. The molecule has 0 aliphatic rings. The number of methoxy groups -OCH3 is 1. The van der Waals surface area contributed by atoms with E-state index in [1.807, 2.05) is 6.07 Å². The maximum Gasteiger partial charge on any atom is 0.218 e. The van der Waals surface area contributed by atoms with Gasteiger partial charge in [0.15, 0.2) is 0 Å². The second kappa shape index (κ2) is 7.27.